The summed E-state index contributed by atoms with van der Waals surface area (Å²) in [7, 11) is 0. The molecule has 0 bridgehead atoms. The van der Waals surface area contributed by atoms with Gasteiger partial charge in [-0.1, -0.05) is 12.1 Å². The third-order valence-electron chi connectivity index (χ3n) is 5.49. The van der Waals surface area contributed by atoms with Gasteiger partial charge in [0.15, 0.2) is 0 Å². The molecule has 2 aliphatic carbocycles. The van der Waals surface area contributed by atoms with Gasteiger partial charge in [0.25, 0.3) is 0 Å². The number of imidazole rings is 1. The van der Waals surface area contributed by atoms with Gasteiger partial charge in [-0.05, 0) is 49.4 Å². The molecule has 8 heteroatoms. The van der Waals surface area contributed by atoms with Gasteiger partial charge in [0, 0.05) is 16.7 Å². The summed E-state index contributed by atoms with van der Waals surface area (Å²) in [6, 6.07) is 9.99. The van der Waals surface area contributed by atoms with E-state index in [0.717, 1.165) is 47.1 Å². The van der Waals surface area contributed by atoms with E-state index in [1.165, 1.54) is 6.07 Å². The molecular formula is C20H18F3N3OS. The van der Waals surface area contributed by atoms with Crippen LogP contribution in [0.2, 0.25) is 0 Å². The van der Waals surface area contributed by atoms with Crippen LogP contribution in [0.3, 0.4) is 0 Å². The Hall–Kier alpha value is -2.35. The average molecular weight is 405 g/mol. The number of hydrogen-bond acceptors (Lipinski definition) is 3. The minimum atomic E-state index is -4.34. The lowest BCUT2D eigenvalue weighted by Gasteiger charge is -2.17. The molecule has 2 saturated carbocycles. The summed E-state index contributed by atoms with van der Waals surface area (Å²) in [4.78, 5) is 20.6. The first kappa shape index (κ1) is 17.7. The molecule has 4 nitrogen and oxygen atoms in total. The number of halogens is 3. The van der Waals surface area contributed by atoms with Crippen molar-refractivity contribution in [2.75, 3.05) is 0 Å². The van der Waals surface area contributed by atoms with Gasteiger partial charge in [-0.25, -0.2) is 4.98 Å². The van der Waals surface area contributed by atoms with Crippen LogP contribution < -0.4 is 5.32 Å². The Morgan fingerprint density at radius 2 is 2.00 bits per heavy atom. The summed E-state index contributed by atoms with van der Waals surface area (Å²) < 4.78 is 38.8. The van der Waals surface area contributed by atoms with Gasteiger partial charge in [-0.2, -0.15) is 13.2 Å². The summed E-state index contributed by atoms with van der Waals surface area (Å²) in [6.07, 6.45) is -1.77. The van der Waals surface area contributed by atoms with Crippen molar-refractivity contribution in [1.29, 1.82) is 0 Å². The fraction of sp³-hybridized carbons (Fsp3) is 0.400. The lowest BCUT2D eigenvalue weighted by molar-refractivity contribution is -0.134. The number of carbonyl (C=O) groups excluding carboxylic acids is 1. The molecule has 1 aromatic carbocycles. The molecule has 0 radical (unpaired) electrons. The molecule has 2 aliphatic rings. The number of nitrogens with zero attached hydrogens (tertiary/aromatic N) is 1. The number of H-pyrrole nitrogens is 1. The van der Waals surface area contributed by atoms with Gasteiger partial charge in [-0.15, -0.1) is 11.3 Å². The highest BCUT2D eigenvalue weighted by atomic mass is 32.1. The van der Waals surface area contributed by atoms with E-state index in [-0.39, 0.29) is 29.7 Å². The lowest BCUT2D eigenvalue weighted by atomic mass is 10.1. The van der Waals surface area contributed by atoms with Crippen molar-refractivity contribution in [2.45, 2.75) is 37.4 Å². The van der Waals surface area contributed by atoms with Crippen LogP contribution >= 0.6 is 11.3 Å². The maximum absolute atomic E-state index is 12.9. The van der Waals surface area contributed by atoms with E-state index in [1.54, 1.807) is 0 Å². The average Bonchev–Trinajstić information content (AvgIpc) is 3.55. The first-order valence-electron chi connectivity index (χ1n) is 9.32. The number of nitrogens with one attached hydrogen (secondary N) is 2. The molecule has 0 saturated heterocycles. The fourth-order valence-electron chi connectivity index (χ4n) is 3.72. The van der Waals surface area contributed by atoms with E-state index < -0.39 is 11.1 Å². The predicted octanol–water partition coefficient (Wildman–Crippen LogP) is 5.01. The third-order valence-corrected chi connectivity index (χ3v) is 6.70. The number of amides is 1. The van der Waals surface area contributed by atoms with E-state index >= 15 is 0 Å². The summed E-state index contributed by atoms with van der Waals surface area (Å²) in [5, 5.41) is 3.02. The van der Waals surface area contributed by atoms with Gasteiger partial charge in [0.05, 0.1) is 17.1 Å². The second-order valence-electron chi connectivity index (χ2n) is 7.61. The van der Waals surface area contributed by atoms with Crippen molar-refractivity contribution in [2.24, 2.45) is 11.8 Å². The number of aromatic amines is 1. The molecule has 5 rings (SSSR count). The van der Waals surface area contributed by atoms with Gasteiger partial charge in [0.1, 0.15) is 10.7 Å². The minimum Gasteiger partial charge on any atom is -0.348 e. The number of carbonyl (C=O) groups is 1. The summed E-state index contributed by atoms with van der Waals surface area (Å²) in [5.74, 6) is 0.807. The number of aromatic nitrogens is 2. The zero-order valence-electron chi connectivity index (χ0n) is 14.8. The zero-order valence-corrected chi connectivity index (χ0v) is 15.6. The van der Waals surface area contributed by atoms with Crippen LogP contribution in [0.15, 0.2) is 36.4 Å². The fourth-order valence-corrected chi connectivity index (χ4v) is 4.74. The second-order valence-corrected chi connectivity index (χ2v) is 8.73. The van der Waals surface area contributed by atoms with Crippen LogP contribution in [0.4, 0.5) is 13.2 Å². The lowest BCUT2D eigenvalue weighted by Crippen LogP contribution is -2.31. The number of para-hydroxylation sites is 2. The molecule has 2 N–H and O–H groups in total. The van der Waals surface area contributed by atoms with Crippen LogP contribution in [0.5, 0.6) is 0 Å². The summed E-state index contributed by atoms with van der Waals surface area (Å²) >= 11 is 0.732. The molecule has 2 fully saturated rings. The van der Waals surface area contributed by atoms with Crippen LogP contribution in [-0.4, -0.2) is 15.9 Å². The standard InChI is InChI=1S/C20H18F3N3OS/c21-20(22,23)16-8-7-15(28-16)17(10-5-6-10)26-19(27)12-9-11(12)18-24-13-3-1-2-4-14(13)25-18/h1-4,7-8,10-12,17H,5-6,9H2,(H,24,25)(H,26,27)/t11-,12?,17+/m0/s1. The molecule has 1 amide bonds. The summed E-state index contributed by atoms with van der Waals surface area (Å²) in [5.41, 5.74) is 1.82. The van der Waals surface area contributed by atoms with Gasteiger partial charge in [-0.3, -0.25) is 4.79 Å². The number of rotatable bonds is 5. The van der Waals surface area contributed by atoms with Crippen LogP contribution in [0.25, 0.3) is 11.0 Å². The van der Waals surface area contributed by atoms with Crippen molar-refractivity contribution in [3.8, 4) is 0 Å². The highest BCUT2D eigenvalue weighted by Crippen LogP contribution is 2.49. The first-order valence-corrected chi connectivity index (χ1v) is 10.1. The molecule has 3 aromatic rings. The van der Waals surface area contributed by atoms with E-state index in [9.17, 15) is 18.0 Å². The zero-order chi connectivity index (χ0) is 19.5. The Bertz CT molecular complexity index is 1000. The first-order chi connectivity index (χ1) is 13.4. The molecule has 0 aliphatic heterocycles. The van der Waals surface area contributed by atoms with Crippen molar-refractivity contribution in [3.63, 3.8) is 0 Å². The largest absolute Gasteiger partial charge is 0.425 e. The predicted molar refractivity (Wildman–Crippen MR) is 99.9 cm³/mol. The smallest absolute Gasteiger partial charge is 0.348 e. The Morgan fingerprint density at radius 1 is 1.21 bits per heavy atom. The number of thiophene rings is 1. The number of benzene rings is 1. The Labute approximate surface area is 163 Å². The van der Waals surface area contributed by atoms with E-state index in [0.29, 0.717) is 11.3 Å². The van der Waals surface area contributed by atoms with Crippen LogP contribution in [0.1, 0.15) is 46.8 Å². The topological polar surface area (TPSA) is 57.8 Å². The Balaban J connectivity index is 1.29. The highest BCUT2D eigenvalue weighted by molar-refractivity contribution is 7.12. The maximum Gasteiger partial charge on any atom is 0.425 e. The van der Waals surface area contributed by atoms with E-state index in [1.807, 2.05) is 24.3 Å². The summed E-state index contributed by atoms with van der Waals surface area (Å²) in [6.45, 7) is 0. The normalized spacial score (nSPS) is 23.0. The molecule has 1 unspecified atom stereocenters. The number of hydrogen-bond donors (Lipinski definition) is 2. The SMILES string of the molecule is O=C(N[C@@H](c1ccc(C(F)(F)F)s1)C1CC1)C1C[C@@H]1c1nc2ccccc2[nH]1. The Kier molecular flexibility index (Phi) is 4.01. The van der Waals surface area contributed by atoms with Gasteiger partial charge in [0.2, 0.25) is 5.91 Å². The highest BCUT2D eigenvalue weighted by Gasteiger charge is 2.47. The second kappa shape index (κ2) is 6.34. The van der Waals surface area contributed by atoms with Gasteiger partial charge < -0.3 is 10.3 Å². The molecule has 2 heterocycles. The third kappa shape index (κ3) is 3.30. The van der Waals surface area contributed by atoms with Crippen molar-refractivity contribution < 1.29 is 18.0 Å². The van der Waals surface area contributed by atoms with Crippen LogP contribution in [0, 0.1) is 11.8 Å². The van der Waals surface area contributed by atoms with Crippen molar-refractivity contribution in [3.05, 3.63) is 52.0 Å². The Morgan fingerprint density at radius 3 is 2.68 bits per heavy atom. The molecule has 28 heavy (non-hydrogen) atoms. The molecular weight excluding hydrogens is 387 g/mol. The number of alkyl halides is 3. The van der Waals surface area contributed by atoms with Gasteiger partial charge >= 0.3 is 6.18 Å². The van der Waals surface area contributed by atoms with E-state index in [4.69, 9.17) is 0 Å². The molecule has 146 valence electrons. The molecule has 0 spiro atoms. The monoisotopic (exact) mass is 405 g/mol. The van der Waals surface area contributed by atoms with E-state index in [2.05, 4.69) is 15.3 Å². The quantitative estimate of drug-likeness (QED) is 0.627. The maximum atomic E-state index is 12.9. The number of fused-ring (bicyclic) bond motifs is 1. The minimum absolute atomic E-state index is 0.0429. The van der Waals surface area contributed by atoms with Crippen molar-refractivity contribution >= 4 is 28.3 Å². The van der Waals surface area contributed by atoms with Crippen LogP contribution in [-0.2, 0) is 11.0 Å². The molecule has 2 aromatic heterocycles. The molecule has 3 atom stereocenters. The van der Waals surface area contributed by atoms with Crippen molar-refractivity contribution in [1.82, 2.24) is 15.3 Å².